The molecule has 0 aliphatic carbocycles. The molecule has 1 saturated heterocycles. The van der Waals surface area contributed by atoms with Gasteiger partial charge >= 0.3 is 12.5 Å². The summed E-state index contributed by atoms with van der Waals surface area (Å²) in [6.45, 7) is 4.11. The molecule has 0 radical (unpaired) electrons. The lowest BCUT2D eigenvalue weighted by Gasteiger charge is -2.37. The molecule has 0 bridgehead atoms. The molecular formula is C18H19F4NO3. The van der Waals surface area contributed by atoms with Gasteiger partial charge in [0.25, 0.3) is 0 Å². The Kier molecular flexibility index (Phi) is 4.62. The number of carbonyl (C=O) groups excluding carboxylic acids is 1. The largest absolute Gasteiger partial charge is 0.483 e. The van der Waals surface area contributed by atoms with Crippen LogP contribution in [-0.4, -0.2) is 35.5 Å². The molecule has 0 unspecified atom stereocenters. The second kappa shape index (κ2) is 6.48. The smallest absolute Gasteiger partial charge is 0.461 e. The Morgan fingerprint density at radius 1 is 1.27 bits per heavy atom. The fourth-order valence-electron chi connectivity index (χ4n) is 3.07. The van der Waals surface area contributed by atoms with Crippen molar-refractivity contribution in [3.05, 3.63) is 29.8 Å². The number of nitrogens with zero attached hydrogens (tertiary/aromatic N) is 1. The fourth-order valence-corrected chi connectivity index (χ4v) is 3.07. The van der Waals surface area contributed by atoms with Crippen LogP contribution in [0.2, 0.25) is 0 Å². The van der Waals surface area contributed by atoms with E-state index in [4.69, 9.17) is 4.74 Å². The summed E-state index contributed by atoms with van der Waals surface area (Å²) < 4.78 is 61.2. The zero-order valence-electron chi connectivity index (χ0n) is 14.4. The van der Waals surface area contributed by atoms with E-state index in [0.717, 1.165) is 18.9 Å². The molecule has 1 amide bonds. The number of fused-ring (bicyclic) bond motifs is 1. The molecule has 0 saturated carbocycles. The Labute approximate surface area is 148 Å². The minimum absolute atomic E-state index is 0.0737. The fraction of sp³-hybridized carbons (Fsp3) is 0.500. The van der Waals surface area contributed by atoms with E-state index in [-0.39, 0.29) is 5.91 Å². The van der Waals surface area contributed by atoms with Gasteiger partial charge in [-0.05, 0) is 51.0 Å². The molecule has 3 rings (SSSR count). The highest BCUT2D eigenvalue weighted by atomic mass is 19.3. The molecule has 0 spiro atoms. The third-order valence-electron chi connectivity index (χ3n) is 4.21. The predicted octanol–water partition coefficient (Wildman–Crippen LogP) is 4.45. The summed E-state index contributed by atoms with van der Waals surface area (Å²) in [5.41, 5.74) is 0.170. The minimum atomic E-state index is -4.60. The van der Waals surface area contributed by atoms with Gasteiger partial charge in [0.15, 0.2) is 0 Å². The Morgan fingerprint density at radius 3 is 2.65 bits per heavy atom. The van der Waals surface area contributed by atoms with Crippen molar-refractivity contribution >= 4 is 11.6 Å². The summed E-state index contributed by atoms with van der Waals surface area (Å²) in [6, 6.07) is 3.73. The highest BCUT2D eigenvalue weighted by Crippen LogP contribution is 2.41. The number of carbonyl (C=O) groups is 1. The van der Waals surface area contributed by atoms with E-state index in [2.05, 4.69) is 4.74 Å². The van der Waals surface area contributed by atoms with E-state index in [0.29, 0.717) is 30.0 Å². The van der Waals surface area contributed by atoms with E-state index in [1.54, 1.807) is 24.8 Å². The zero-order valence-corrected chi connectivity index (χ0v) is 14.4. The van der Waals surface area contributed by atoms with Gasteiger partial charge in [-0.2, -0.15) is 17.6 Å². The predicted molar refractivity (Wildman–Crippen MR) is 86.3 cm³/mol. The van der Waals surface area contributed by atoms with Crippen LogP contribution in [0, 0.1) is 0 Å². The first kappa shape index (κ1) is 18.5. The van der Waals surface area contributed by atoms with Gasteiger partial charge < -0.3 is 14.4 Å². The van der Waals surface area contributed by atoms with E-state index < -0.39 is 23.9 Å². The average Bonchev–Trinajstić information content (AvgIpc) is 2.54. The molecule has 1 aromatic carbocycles. The number of piperidine rings is 1. The average molecular weight is 373 g/mol. The molecule has 0 N–H and O–H groups in total. The van der Waals surface area contributed by atoms with Gasteiger partial charge in [-0.1, -0.05) is 0 Å². The number of alkyl halides is 4. The number of likely N-dealkylation sites (tertiary alicyclic amines) is 1. The number of benzene rings is 1. The van der Waals surface area contributed by atoms with Gasteiger partial charge in [0, 0.05) is 18.5 Å². The van der Waals surface area contributed by atoms with Crippen molar-refractivity contribution in [2.75, 3.05) is 6.54 Å². The number of hydrogen-bond acceptors (Lipinski definition) is 3. The van der Waals surface area contributed by atoms with Crippen LogP contribution in [0.15, 0.2) is 24.3 Å². The second-order valence-electron chi connectivity index (χ2n) is 6.86. The van der Waals surface area contributed by atoms with Crippen LogP contribution in [0.4, 0.5) is 17.6 Å². The normalized spacial score (nSPS) is 19.7. The van der Waals surface area contributed by atoms with E-state index in [9.17, 15) is 22.4 Å². The molecular weight excluding hydrogens is 354 g/mol. The van der Waals surface area contributed by atoms with Crippen LogP contribution in [0.3, 0.4) is 0 Å². The number of amides is 1. The maximum atomic E-state index is 13.2. The van der Waals surface area contributed by atoms with Gasteiger partial charge in [0.05, 0.1) is 5.70 Å². The summed E-state index contributed by atoms with van der Waals surface area (Å²) in [7, 11) is 0. The number of rotatable bonds is 4. The summed E-state index contributed by atoms with van der Waals surface area (Å²) in [5, 5.41) is 0. The molecule has 4 nitrogen and oxygen atoms in total. The summed E-state index contributed by atoms with van der Waals surface area (Å²) >= 11 is 0. The maximum absolute atomic E-state index is 13.2. The van der Waals surface area contributed by atoms with Gasteiger partial charge in [-0.3, -0.25) is 4.79 Å². The van der Waals surface area contributed by atoms with Crippen molar-refractivity contribution in [2.24, 2.45) is 0 Å². The third kappa shape index (κ3) is 3.64. The number of hydrogen-bond donors (Lipinski definition) is 0. The van der Waals surface area contributed by atoms with E-state index in [1.807, 2.05) is 0 Å². The van der Waals surface area contributed by atoms with Crippen LogP contribution in [-0.2, 0) is 4.79 Å². The van der Waals surface area contributed by atoms with Gasteiger partial charge in [0.1, 0.15) is 17.1 Å². The molecule has 142 valence electrons. The summed E-state index contributed by atoms with van der Waals surface area (Å²) in [6.07, 6.45) is -4.82. The lowest BCUT2D eigenvalue weighted by atomic mass is 9.96. The molecule has 2 aliphatic heterocycles. The minimum Gasteiger partial charge on any atom is -0.483 e. The molecule has 1 aromatic rings. The number of halogens is 4. The maximum Gasteiger partial charge on any atom is 0.461 e. The van der Waals surface area contributed by atoms with E-state index >= 15 is 0 Å². The molecule has 0 aromatic heterocycles. The van der Waals surface area contributed by atoms with Crippen LogP contribution in [0.5, 0.6) is 11.5 Å². The molecule has 2 heterocycles. The van der Waals surface area contributed by atoms with E-state index in [1.165, 1.54) is 12.1 Å². The molecule has 1 fully saturated rings. The number of ether oxygens (including phenoxy) is 2. The zero-order chi connectivity index (χ0) is 19.1. The highest BCUT2D eigenvalue weighted by molar-refractivity contribution is 5.89. The lowest BCUT2D eigenvalue weighted by molar-refractivity contribution is -0.253. The first-order chi connectivity index (χ1) is 12.1. The molecule has 0 atom stereocenters. The SMILES string of the molecule is CC1(C)C=C(N2CCCCC2=O)c2cc(OC(F)(F)C(F)F)ccc2O1. The molecule has 2 aliphatic rings. The Morgan fingerprint density at radius 2 is 2.00 bits per heavy atom. The van der Waals surface area contributed by atoms with Crippen molar-refractivity contribution in [3.63, 3.8) is 0 Å². The quantitative estimate of drug-likeness (QED) is 0.732. The highest BCUT2D eigenvalue weighted by Gasteiger charge is 2.44. The van der Waals surface area contributed by atoms with Crippen LogP contribution >= 0.6 is 0 Å². The Hall–Kier alpha value is -2.25. The van der Waals surface area contributed by atoms with Crippen LogP contribution in [0.1, 0.15) is 38.7 Å². The Bertz CT molecular complexity index is 746. The van der Waals surface area contributed by atoms with Crippen molar-refractivity contribution in [1.82, 2.24) is 4.90 Å². The topological polar surface area (TPSA) is 38.8 Å². The van der Waals surface area contributed by atoms with Crippen molar-refractivity contribution in [1.29, 1.82) is 0 Å². The summed E-state index contributed by atoms with van der Waals surface area (Å²) in [5.74, 6) is -0.123. The first-order valence-corrected chi connectivity index (χ1v) is 8.31. The van der Waals surface area contributed by atoms with Gasteiger partial charge in [0.2, 0.25) is 5.91 Å². The van der Waals surface area contributed by atoms with Gasteiger partial charge in [-0.25, -0.2) is 0 Å². The second-order valence-corrected chi connectivity index (χ2v) is 6.86. The first-order valence-electron chi connectivity index (χ1n) is 8.31. The molecule has 26 heavy (non-hydrogen) atoms. The van der Waals surface area contributed by atoms with Gasteiger partial charge in [-0.15, -0.1) is 0 Å². The van der Waals surface area contributed by atoms with Crippen molar-refractivity contribution in [2.45, 2.75) is 51.2 Å². The summed E-state index contributed by atoms with van der Waals surface area (Å²) in [4.78, 5) is 13.9. The standard InChI is InChI=1S/C18H19F4NO3/c1-17(2)10-13(23-8-4-3-5-15(23)24)12-9-11(6-7-14(12)26-17)25-18(21,22)16(19)20/h6-7,9-10,16H,3-5,8H2,1-2H3. The third-order valence-corrected chi connectivity index (χ3v) is 4.21. The van der Waals surface area contributed by atoms with Crippen molar-refractivity contribution < 1.29 is 31.8 Å². The lowest BCUT2D eigenvalue weighted by Crippen LogP contribution is -2.38. The van der Waals surface area contributed by atoms with Crippen LogP contribution in [0.25, 0.3) is 5.70 Å². The monoisotopic (exact) mass is 373 g/mol. The van der Waals surface area contributed by atoms with Crippen LogP contribution < -0.4 is 9.47 Å². The van der Waals surface area contributed by atoms with Crippen molar-refractivity contribution in [3.8, 4) is 11.5 Å². The molecule has 8 heteroatoms. The Balaban J connectivity index is 2.00.